The fourth-order valence-electron chi connectivity index (χ4n) is 1.68. The van der Waals surface area contributed by atoms with E-state index in [1.165, 1.54) is 10.5 Å². The molecule has 0 radical (unpaired) electrons. The first-order valence-corrected chi connectivity index (χ1v) is 5.37. The van der Waals surface area contributed by atoms with Gasteiger partial charge in [0.25, 0.3) is 0 Å². The molecule has 0 saturated heterocycles. The number of aryl methyl sites for hydroxylation is 1. The zero-order chi connectivity index (χ0) is 14.2. The van der Waals surface area contributed by atoms with Crippen LogP contribution in [0.2, 0.25) is 0 Å². The maximum atomic E-state index is 13.1. The lowest BCUT2D eigenvalue weighted by Gasteiger charge is -2.07. The summed E-state index contributed by atoms with van der Waals surface area (Å²) in [5.41, 5.74) is 0.558. The summed E-state index contributed by atoms with van der Waals surface area (Å²) in [6.45, 7) is 1.66. The molecule has 0 fully saturated rings. The largest absolute Gasteiger partial charge is 0.471 e. The Hall–Kier alpha value is -2.12. The predicted molar refractivity (Wildman–Crippen MR) is 59.2 cm³/mol. The third kappa shape index (κ3) is 2.51. The standard InChI is InChI=1S/C11H9F4N3O/c1-2-7-9(17-10(19)11(13,14)15)16-8-4-3-6(12)5-18(7)8/h3-5H,2H2,1H3,(H,17,19). The highest BCUT2D eigenvalue weighted by Crippen LogP contribution is 2.22. The third-order valence-corrected chi connectivity index (χ3v) is 2.51. The van der Waals surface area contributed by atoms with Gasteiger partial charge in [-0.3, -0.25) is 9.20 Å². The van der Waals surface area contributed by atoms with E-state index in [0.717, 1.165) is 12.3 Å². The molecule has 0 spiro atoms. The Morgan fingerprint density at radius 2 is 2.11 bits per heavy atom. The van der Waals surface area contributed by atoms with Gasteiger partial charge in [-0.05, 0) is 18.6 Å². The molecule has 0 saturated carbocycles. The number of nitrogens with zero attached hydrogens (tertiary/aromatic N) is 2. The maximum absolute atomic E-state index is 13.1. The van der Waals surface area contributed by atoms with Crippen molar-refractivity contribution in [3.63, 3.8) is 0 Å². The molecule has 0 aromatic carbocycles. The Labute approximate surface area is 105 Å². The number of hydrogen-bond donors (Lipinski definition) is 1. The van der Waals surface area contributed by atoms with Crippen LogP contribution in [0.5, 0.6) is 0 Å². The predicted octanol–water partition coefficient (Wildman–Crippen LogP) is 2.54. The number of imidazole rings is 1. The summed E-state index contributed by atoms with van der Waals surface area (Å²) in [6, 6.07) is 2.45. The van der Waals surface area contributed by atoms with Crippen LogP contribution in [-0.2, 0) is 11.2 Å². The SMILES string of the molecule is CCc1c(NC(=O)C(F)(F)F)nc2ccc(F)cn12. The van der Waals surface area contributed by atoms with E-state index in [-0.39, 0.29) is 17.9 Å². The van der Waals surface area contributed by atoms with Crippen LogP contribution in [0.3, 0.4) is 0 Å². The molecule has 8 heteroatoms. The van der Waals surface area contributed by atoms with Crippen LogP contribution in [0.25, 0.3) is 5.65 Å². The first kappa shape index (κ1) is 13.3. The van der Waals surface area contributed by atoms with Gasteiger partial charge in [0.05, 0.1) is 5.69 Å². The lowest BCUT2D eigenvalue weighted by molar-refractivity contribution is -0.167. The fraction of sp³-hybridized carbons (Fsp3) is 0.273. The van der Waals surface area contributed by atoms with Crippen LogP contribution in [0.4, 0.5) is 23.4 Å². The van der Waals surface area contributed by atoms with Gasteiger partial charge >= 0.3 is 12.1 Å². The molecule has 4 nitrogen and oxygen atoms in total. The monoisotopic (exact) mass is 275 g/mol. The summed E-state index contributed by atoms with van der Waals surface area (Å²) in [4.78, 5) is 14.7. The number of amides is 1. The van der Waals surface area contributed by atoms with Crippen molar-refractivity contribution in [2.75, 3.05) is 5.32 Å². The van der Waals surface area contributed by atoms with Gasteiger partial charge in [0, 0.05) is 6.20 Å². The number of hydrogen-bond acceptors (Lipinski definition) is 2. The van der Waals surface area contributed by atoms with Crippen LogP contribution >= 0.6 is 0 Å². The van der Waals surface area contributed by atoms with E-state index in [0.29, 0.717) is 5.69 Å². The lowest BCUT2D eigenvalue weighted by Crippen LogP contribution is -2.30. The zero-order valence-electron chi connectivity index (χ0n) is 9.75. The minimum Gasteiger partial charge on any atom is -0.301 e. The number of pyridine rings is 1. The molecule has 102 valence electrons. The molecular weight excluding hydrogens is 266 g/mol. The first-order valence-electron chi connectivity index (χ1n) is 5.37. The van der Waals surface area contributed by atoms with Gasteiger partial charge < -0.3 is 5.32 Å². The Balaban J connectivity index is 2.46. The second-order valence-electron chi connectivity index (χ2n) is 3.79. The molecular formula is C11H9F4N3O. The van der Waals surface area contributed by atoms with Crippen molar-refractivity contribution in [3.8, 4) is 0 Å². The molecule has 19 heavy (non-hydrogen) atoms. The Morgan fingerprint density at radius 1 is 1.42 bits per heavy atom. The fourth-order valence-corrected chi connectivity index (χ4v) is 1.68. The van der Waals surface area contributed by atoms with Gasteiger partial charge in [-0.15, -0.1) is 0 Å². The summed E-state index contributed by atoms with van der Waals surface area (Å²) >= 11 is 0. The number of carbonyl (C=O) groups is 1. The van der Waals surface area contributed by atoms with E-state index < -0.39 is 17.9 Å². The second kappa shape index (κ2) is 4.52. The highest BCUT2D eigenvalue weighted by atomic mass is 19.4. The van der Waals surface area contributed by atoms with Gasteiger partial charge in [0.2, 0.25) is 0 Å². The van der Waals surface area contributed by atoms with Crippen LogP contribution in [0, 0.1) is 5.82 Å². The highest BCUT2D eigenvalue weighted by Gasteiger charge is 2.39. The molecule has 0 aliphatic carbocycles. The van der Waals surface area contributed by atoms with Crippen LogP contribution in [-0.4, -0.2) is 21.5 Å². The molecule has 2 aromatic rings. The van der Waals surface area contributed by atoms with Gasteiger partial charge in [-0.2, -0.15) is 13.2 Å². The van der Waals surface area contributed by atoms with Crippen LogP contribution < -0.4 is 5.32 Å². The van der Waals surface area contributed by atoms with Gasteiger partial charge in [-0.1, -0.05) is 6.92 Å². The van der Waals surface area contributed by atoms with Crippen molar-refractivity contribution < 1.29 is 22.4 Å². The van der Waals surface area contributed by atoms with Crippen molar-refractivity contribution >= 4 is 17.4 Å². The van der Waals surface area contributed by atoms with E-state index in [2.05, 4.69) is 4.98 Å². The number of fused-ring (bicyclic) bond motifs is 1. The van der Waals surface area contributed by atoms with Crippen LogP contribution in [0.15, 0.2) is 18.3 Å². The second-order valence-corrected chi connectivity index (χ2v) is 3.79. The molecule has 0 unspecified atom stereocenters. The molecule has 2 rings (SSSR count). The quantitative estimate of drug-likeness (QED) is 0.856. The van der Waals surface area contributed by atoms with Crippen molar-refractivity contribution in [1.29, 1.82) is 0 Å². The number of halogens is 4. The van der Waals surface area contributed by atoms with E-state index in [4.69, 9.17) is 0 Å². The van der Waals surface area contributed by atoms with Gasteiger partial charge in [0.15, 0.2) is 5.82 Å². The number of aromatic nitrogens is 2. The van der Waals surface area contributed by atoms with Gasteiger partial charge in [0.1, 0.15) is 11.5 Å². The molecule has 2 heterocycles. The maximum Gasteiger partial charge on any atom is 0.471 e. The van der Waals surface area contributed by atoms with E-state index in [1.54, 1.807) is 12.2 Å². The minimum atomic E-state index is -4.99. The molecule has 0 atom stereocenters. The highest BCUT2D eigenvalue weighted by molar-refractivity contribution is 5.94. The van der Waals surface area contributed by atoms with Crippen molar-refractivity contribution in [1.82, 2.24) is 9.38 Å². The number of rotatable bonds is 2. The summed E-state index contributed by atoms with van der Waals surface area (Å²) in [7, 11) is 0. The molecule has 1 N–H and O–H groups in total. The van der Waals surface area contributed by atoms with Crippen molar-refractivity contribution in [2.45, 2.75) is 19.5 Å². The Bertz CT molecular complexity index is 633. The molecule has 0 aliphatic heterocycles. The molecule has 0 bridgehead atoms. The molecule has 1 amide bonds. The average molecular weight is 275 g/mol. The van der Waals surface area contributed by atoms with Crippen molar-refractivity contribution in [2.24, 2.45) is 0 Å². The first-order chi connectivity index (χ1) is 8.82. The number of nitrogens with one attached hydrogen (secondary N) is 1. The smallest absolute Gasteiger partial charge is 0.301 e. The van der Waals surface area contributed by atoms with Crippen molar-refractivity contribution in [3.05, 3.63) is 29.8 Å². The third-order valence-electron chi connectivity index (χ3n) is 2.51. The summed E-state index contributed by atoms with van der Waals surface area (Å²) in [6.07, 6.45) is -3.60. The number of carbonyl (C=O) groups excluding carboxylic acids is 1. The summed E-state index contributed by atoms with van der Waals surface area (Å²) in [5.74, 6) is -2.87. The van der Waals surface area contributed by atoms with E-state index in [1.807, 2.05) is 0 Å². The van der Waals surface area contributed by atoms with E-state index in [9.17, 15) is 22.4 Å². The average Bonchev–Trinajstić information content (AvgIpc) is 2.64. The zero-order valence-corrected chi connectivity index (χ0v) is 9.75. The van der Waals surface area contributed by atoms with E-state index >= 15 is 0 Å². The number of alkyl halides is 3. The Morgan fingerprint density at radius 3 is 2.68 bits per heavy atom. The topological polar surface area (TPSA) is 46.4 Å². The van der Waals surface area contributed by atoms with Crippen LogP contribution in [0.1, 0.15) is 12.6 Å². The normalized spacial score (nSPS) is 11.8. The minimum absolute atomic E-state index is 0.213. The lowest BCUT2D eigenvalue weighted by atomic mass is 10.3. The summed E-state index contributed by atoms with van der Waals surface area (Å²) in [5, 5.41) is 1.69. The van der Waals surface area contributed by atoms with Gasteiger partial charge in [-0.25, -0.2) is 9.37 Å². The summed E-state index contributed by atoms with van der Waals surface area (Å²) < 4.78 is 51.0. The molecule has 0 aliphatic rings. The number of anilines is 1. The molecule has 2 aromatic heterocycles. The Kier molecular flexibility index (Phi) is 3.17.